The highest BCUT2D eigenvalue weighted by Crippen LogP contribution is 2.18. The molecule has 0 aliphatic rings. The molecule has 2 rings (SSSR count). The van der Waals surface area contributed by atoms with Gasteiger partial charge in [0.05, 0.1) is 24.3 Å². The Bertz CT molecular complexity index is 858. The average molecular weight is 385 g/mol. The van der Waals surface area contributed by atoms with Crippen molar-refractivity contribution in [2.75, 3.05) is 19.0 Å². The number of carbonyl (C=O) groups excluding carboxylic acids is 3. The lowest BCUT2D eigenvalue weighted by Gasteiger charge is -2.11. The van der Waals surface area contributed by atoms with E-state index in [1.54, 1.807) is 43.3 Å². The van der Waals surface area contributed by atoms with Crippen LogP contribution >= 0.6 is 0 Å². The van der Waals surface area contributed by atoms with E-state index >= 15 is 0 Å². The lowest BCUT2D eigenvalue weighted by Crippen LogP contribution is -2.21. The minimum atomic E-state index is -0.619. The average Bonchev–Trinajstić information content (AvgIpc) is 2.67. The van der Waals surface area contributed by atoms with Crippen LogP contribution in [0.4, 0.5) is 5.69 Å². The smallest absolute Gasteiger partial charge is 0.338 e. The number of aryl methyl sites for hydroxylation is 1. The minimum Gasteiger partial charge on any atom is -0.491 e. The first-order chi connectivity index (χ1) is 13.3. The molecule has 0 aliphatic heterocycles. The summed E-state index contributed by atoms with van der Waals surface area (Å²) in [5, 5.41) is 2.62. The van der Waals surface area contributed by atoms with E-state index in [-0.39, 0.29) is 6.10 Å². The van der Waals surface area contributed by atoms with Crippen LogP contribution in [0.5, 0.6) is 5.75 Å². The fraction of sp³-hybridized carbons (Fsp3) is 0.286. The first kappa shape index (κ1) is 21.0. The number of ether oxygens (including phenoxy) is 3. The third kappa shape index (κ3) is 5.84. The molecule has 0 atom stereocenters. The molecule has 0 unspecified atom stereocenters. The van der Waals surface area contributed by atoms with Crippen molar-refractivity contribution in [2.24, 2.45) is 0 Å². The van der Waals surface area contributed by atoms with Gasteiger partial charge in [-0.3, -0.25) is 4.79 Å². The topological polar surface area (TPSA) is 90.9 Å². The van der Waals surface area contributed by atoms with Crippen LogP contribution in [0.15, 0.2) is 42.5 Å². The molecule has 0 radical (unpaired) electrons. The third-order valence-corrected chi connectivity index (χ3v) is 3.73. The summed E-state index contributed by atoms with van der Waals surface area (Å²) in [6, 6.07) is 11.3. The molecule has 0 saturated heterocycles. The first-order valence-electron chi connectivity index (χ1n) is 8.73. The minimum absolute atomic E-state index is 0.0302. The van der Waals surface area contributed by atoms with Gasteiger partial charge < -0.3 is 19.5 Å². The van der Waals surface area contributed by atoms with Gasteiger partial charge >= 0.3 is 11.9 Å². The van der Waals surface area contributed by atoms with Gasteiger partial charge in [0.25, 0.3) is 5.91 Å². The first-order valence-corrected chi connectivity index (χ1v) is 8.73. The van der Waals surface area contributed by atoms with Crippen molar-refractivity contribution in [3.8, 4) is 5.75 Å². The molecule has 28 heavy (non-hydrogen) atoms. The lowest BCUT2D eigenvalue weighted by molar-refractivity contribution is -0.119. The Morgan fingerprint density at radius 3 is 2.21 bits per heavy atom. The Labute approximate surface area is 163 Å². The second-order valence-electron chi connectivity index (χ2n) is 6.34. The van der Waals surface area contributed by atoms with Gasteiger partial charge in [-0.1, -0.05) is 6.07 Å². The van der Waals surface area contributed by atoms with Crippen LogP contribution in [0, 0.1) is 6.92 Å². The van der Waals surface area contributed by atoms with E-state index in [2.05, 4.69) is 10.1 Å². The molecule has 0 aromatic heterocycles. The molecule has 2 aromatic carbocycles. The van der Waals surface area contributed by atoms with E-state index in [1.165, 1.54) is 13.2 Å². The van der Waals surface area contributed by atoms with E-state index in [9.17, 15) is 14.4 Å². The van der Waals surface area contributed by atoms with Crippen molar-refractivity contribution in [1.29, 1.82) is 0 Å². The fourth-order valence-electron chi connectivity index (χ4n) is 2.34. The summed E-state index contributed by atoms with van der Waals surface area (Å²) >= 11 is 0. The second-order valence-corrected chi connectivity index (χ2v) is 6.34. The standard InChI is InChI=1S/C21H23NO6/c1-13(2)28-17-9-7-15(8-10-17)21(25)27-12-19(23)22-18-11-16(20(24)26-4)6-5-14(18)3/h5-11,13H,12H2,1-4H3,(H,22,23). The second kappa shape index (κ2) is 9.55. The summed E-state index contributed by atoms with van der Waals surface area (Å²) < 4.78 is 15.2. The van der Waals surface area contributed by atoms with Crippen molar-refractivity contribution in [2.45, 2.75) is 26.9 Å². The maximum Gasteiger partial charge on any atom is 0.338 e. The van der Waals surface area contributed by atoms with Crippen LogP contribution in [0.3, 0.4) is 0 Å². The fourth-order valence-corrected chi connectivity index (χ4v) is 2.34. The molecule has 0 bridgehead atoms. The molecule has 2 aromatic rings. The van der Waals surface area contributed by atoms with Crippen molar-refractivity contribution in [3.63, 3.8) is 0 Å². The van der Waals surface area contributed by atoms with E-state index in [1.807, 2.05) is 13.8 Å². The van der Waals surface area contributed by atoms with Crippen LogP contribution in [-0.4, -0.2) is 37.7 Å². The highest BCUT2D eigenvalue weighted by molar-refractivity contribution is 5.97. The summed E-state index contributed by atoms with van der Waals surface area (Å²) in [6.07, 6.45) is 0.0302. The van der Waals surface area contributed by atoms with E-state index in [0.717, 1.165) is 5.56 Å². The number of benzene rings is 2. The van der Waals surface area contributed by atoms with Gasteiger partial charge in [-0.15, -0.1) is 0 Å². The van der Waals surface area contributed by atoms with Gasteiger partial charge in [-0.2, -0.15) is 0 Å². The molecule has 0 fully saturated rings. The molecule has 0 aliphatic carbocycles. The SMILES string of the molecule is COC(=O)c1ccc(C)c(NC(=O)COC(=O)c2ccc(OC(C)C)cc2)c1. The maximum atomic E-state index is 12.1. The van der Waals surface area contributed by atoms with Gasteiger partial charge in [0.15, 0.2) is 6.61 Å². The van der Waals surface area contributed by atoms with Gasteiger partial charge in [0.2, 0.25) is 0 Å². The Hall–Kier alpha value is -3.35. The number of hydrogen-bond donors (Lipinski definition) is 1. The molecule has 0 saturated carbocycles. The molecule has 0 spiro atoms. The molecule has 1 N–H and O–H groups in total. The molecular formula is C21H23NO6. The summed E-state index contributed by atoms with van der Waals surface area (Å²) in [7, 11) is 1.28. The van der Waals surface area contributed by atoms with Crippen LogP contribution in [0.25, 0.3) is 0 Å². The zero-order chi connectivity index (χ0) is 20.7. The normalized spacial score (nSPS) is 10.3. The van der Waals surface area contributed by atoms with Crippen LogP contribution in [-0.2, 0) is 14.3 Å². The maximum absolute atomic E-state index is 12.1. The van der Waals surface area contributed by atoms with Crippen molar-refractivity contribution < 1.29 is 28.6 Å². The van der Waals surface area contributed by atoms with Gasteiger partial charge in [0.1, 0.15) is 5.75 Å². The largest absolute Gasteiger partial charge is 0.491 e. The highest BCUT2D eigenvalue weighted by atomic mass is 16.5. The number of amides is 1. The third-order valence-electron chi connectivity index (χ3n) is 3.73. The van der Waals surface area contributed by atoms with Gasteiger partial charge in [-0.05, 0) is 62.7 Å². The lowest BCUT2D eigenvalue weighted by atomic mass is 10.1. The number of methoxy groups -OCH3 is 1. The molecule has 0 heterocycles. The molecule has 7 nitrogen and oxygen atoms in total. The molecular weight excluding hydrogens is 362 g/mol. The monoisotopic (exact) mass is 385 g/mol. The summed E-state index contributed by atoms with van der Waals surface area (Å²) in [5.74, 6) is -0.999. The van der Waals surface area contributed by atoms with Crippen LogP contribution < -0.4 is 10.1 Å². The Morgan fingerprint density at radius 1 is 0.964 bits per heavy atom. The number of nitrogens with one attached hydrogen (secondary N) is 1. The van der Waals surface area contributed by atoms with E-state index in [4.69, 9.17) is 9.47 Å². The van der Waals surface area contributed by atoms with E-state index < -0.39 is 24.5 Å². The summed E-state index contributed by atoms with van der Waals surface area (Å²) in [6.45, 7) is 5.14. The van der Waals surface area contributed by atoms with Gasteiger partial charge in [-0.25, -0.2) is 9.59 Å². The predicted molar refractivity (Wildman–Crippen MR) is 104 cm³/mol. The zero-order valence-electron chi connectivity index (χ0n) is 16.3. The summed E-state index contributed by atoms with van der Waals surface area (Å²) in [5.41, 5.74) is 1.82. The van der Waals surface area contributed by atoms with Crippen molar-refractivity contribution in [1.82, 2.24) is 0 Å². The van der Waals surface area contributed by atoms with E-state index in [0.29, 0.717) is 22.6 Å². The predicted octanol–water partition coefficient (Wildman–Crippen LogP) is 3.36. The Balaban J connectivity index is 1.93. The molecule has 148 valence electrons. The Morgan fingerprint density at radius 2 is 1.61 bits per heavy atom. The number of hydrogen-bond acceptors (Lipinski definition) is 6. The molecule has 7 heteroatoms. The number of esters is 2. The van der Waals surface area contributed by atoms with Crippen molar-refractivity contribution >= 4 is 23.5 Å². The summed E-state index contributed by atoms with van der Waals surface area (Å²) in [4.78, 5) is 35.8. The number of anilines is 1. The zero-order valence-corrected chi connectivity index (χ0v) is 16.3. The Kier molecular flexibility index (Phi) is 7.14. The quantitative estimate of drug-likeness (QED) is 0.735. The van der Waals surface area contributed by atoms with Crippen LogP contribution in [0.2, 0.25) is 0 Å². The number of rotatable bonds is 7. The number of carbonyl (C=O) groups is 3. The van der Waals surface area contributed by atoms with Crippen molar-refractivity contribution in [3.05, 3.63) is 59.2 Å². The van der Waals surface area contributed by atoms with Gasteiger partial charge in [0, 0.05) is 5.69 Å². The highest BCUT2D eigenvalue weighted by Gasteiger charge is 2.13. The van der Waals surface area contributed by atoms with Crippen LogP contribution in [0.1, 0.15) is 40.1 Å². The molecule has 1 amide bonds.